The summed E-state index contributed by atoms with van der Waals surface area (Å²) in [6, 6.07) is 0. The lowest BCUT2D eigenvalue weighted by Gasteiger charge is -2.46. The topological polar surface area (TPSA) is 0 Å². The van der Waals surface area contributed by atoms with Crippen LogP contribution in [0, 0.1) is 65.1 Å². The Labute approximate surface area is 168 Å². The number of rotatable bonds is 12. The third-order valence-corrected chi connectivity index (χ3v) is 8.77. The summed E-state index contributed by atoms with van der Waals surface area (Å²) in [5.41, 5.74) is 0. The zero-order valence-corrected chi connectivity index (χ0v) is 20.8. The summed E-state index contributed by atoms with van der Waals surface area (Å²) in [6.45, 7) is 32.2. The van der Waals surface area contributed by atoms with E-state index in [1.807, 2.05) is 0 Å². The molecular weight excluding hydrogens is 312 g/mol. The van der Waals surface area contributed by atoms with Crippen molar-refractivity contribution < 1.29 is 0 Å². The maximum atomic E-state index is 2.58. The molecular formula is C26H54. The second kappa shape index (κ2) is 11.8. The Kier molecular flexibility index (Phi) is 11.8. The summed E-state index contributed by atoms with van der Waals surface area (Å²) in [5.74, 6) is 8.83. The van der Waals surface area contributed by atoms with Gasteiger partial charge in [0, 0.05) is 0 Å². The zero-order valence-electron chi connectivity index (χ0n) is 20.8. The van der Waals surface area contributed by atoms with E-state index in [0.29, 0.717) is 0 Å². The molecule has 0 aliphatic rings. The van der Waals surface area contributed by atoms with Crippen LogP contribution in [0.3, 0.4) is 0 Å². The number of hydrogen-bond donors (Lipinski definition) is 0. The van der Waals surface area contributed by atoms with Crippen LogP contribution in [0.25, 0.3) is 0 Å². The number of hydrogen-bond acceptors (Lipinski definition) is 0. The normalized spacial score (nSPS) is 23.2. The molecule has 26 heavy (non-hydrogen) atoms. The second-order valence-corrected chi connectivity index (χ2v) is 10.7. The van der Waals surface area contributed by atoms with E-state index < -0.39 is 0 Å². The van der Waals surface area contributed by atoms with Crippen LogP contribution in [0.2, 0.25) is 0 Å². The van der Waals surface area contributed by atoms with Crippen molar-refractivity contribution in [2.24, 2.45) is 65.1 Å². The van der Waals surface area contributed by atoms with Gasteiger partial charge in [-0.1, -0.05) is 103 Å². The Balaban J connectivity index is 5.61. The van der Waals surface area contributed by atoms with Gasteiger partial charge in [-0.3, -0.25) is 0 Å². The van der Waals surface area contributed by atoms with Gasteiger partial charge < -0.3 is 0 Å². The molecule has 0 saturated heterocycles. The van der Waals surface area contributed by atoms with Gasteiger partial charge in [0.15, 0.2) is 0 Å². The molecule has 0 radical (unpaired) electrons. The summed E-state index contributed by atoms with van der Waals surface area (Å²) in [4.78, 5) is 0. The minimum atomic E-state index is 0.762. The molecule has 9 atom stereocenters. The van der Waals surface area contributed by atoms with Crippen LogP contribution in [0.5, 0.6) is 0 Å². The van der Waals surface area contributed by atoms with Gasteiger partial charge in [-0.15, -0.1) is 0 Å². The Morgan fingerprint density at radius 2 is 0.692 bits per heavy atom. The first kappa shape index (κ1) is 26.0. The SMILES string of the molecule is CCC(C)C(C)C(C)C(C)C(C)C(C(C)C)C(C(C)C)C(C)C(C)CC. The molecule has 0 aromatic carbocycles. The monoisotopic (exact) mass is 366 g/mol. The quantitative estimate of drug-likeness (QED) is 0.323. The molecule has 0 rings (SSSR count). The summed E-state index contributed by atoms with van der Waals surface area (Å²) >= 11 is 0. The van der Waals surface area contributed by atoms with Gasteiger partial charge in [-0.2, -0.15) is 0 Å². The third kappa shape index (κ3) is 6.56. The van der Waals surface area contributed by atoms with E-state index in [2.05, 4.69) is 90.0 Å². The van der Waals surface area contributed by atoms with Crippen molar-refractivity contribution in [3.8, 4) is 0 Å². The lowest BCUT2D eigenvalue weighted by molar-refractivity contribution is 0.0222. The lowest BCUT2D eigenvalue weighted by Crippen LogP contribution is -2.40. The highest BCUT2D eigenvalue weighted by molar-refractivity contribution is 4.88. The average Bonchev–Trinajstić information content (AvgIpc) is 2.60. The Bertz CT molecular complexity index is 355. The molecule has 0 spiro atoms. The fraction of sp³-hybridized carbons (Fsp3) is 1.00. The van der Waals surface area contributed by atoms with Gasteiger partial charge >= 0.3 is 0 Å². The molecule has 0 N–H and O–H groups in total. The van der Waals surface area contributed by atoms with Crippen molar-refractivity contribution in [1.82, 2.24) is 0 Å². The summed E-state index contributed by atoms with van der Waals surface area (Å²) in [7, 11) is 0. The van der Waals surface area contributed by atoms with Crippen LogP contribution in [-0.2, 0) is 0 Å². The molecule has 0 aromatic heterocycles. The van der Waals surface area contributed by atoms with Gasteiger partial charge in [0.1, 0.15) is 0 Å². The highest BCUT2D eigenvalue weighted by Crippen LogP contribution is 2.46. The Morgan fingerprint density at radius 1 is 0.385 bits per heavy atom. The van der Waals surface area contributed by atoms with Gasteiger partial charge in [-0.25, -0.2) is 0 Å². The van der Waals surface area contributed by atoms with Gasteiger partial charge in [0.25, 0.3) is 0 Å². The fourth-order valence-electron chi connectivity index (χ4n) is 5.75. The van der Waals surface area contributed by atoms with Crippen LogP contribution < -0.4 is 0 Å². The molecule has 0 heterocycles. The molecule has 158 valence electrons. The lowest BCUT2D eigenvalue weighted by atomic mass is 9.59. The summed E-state index contributed by atoms with van der Waals surface area (Å²) < 4.78 is 0. The molecule has 0 nitrogen and oxygen atoms in total. The van der Waals surface area contributed by atoms with Gasteiger partial charge in [0.05, 0.1) is 0 Å². The summed E-state index contributed by atoms with van der Waals surface area (Å²) in [5, 5.41) is 0. The molecule has 0 amide bonds. The van der Waals surface area contributed by atoms with Crippen LogP contribution >= 0.6 is 0 Å². The predicted octanol–water partition coefficient (Wildman–Crippen LogP) is 8.80. The van der Waals surface area contributed by atoms with E-state index >= 15 is 0 Å². The van der Waals surface area contributed by atoms with Crippen molar-refractivity contribution in [2.75, 3.05) is 0 Å². The van der Waals surface area contributed by atoms with Crippen LogP contribution in [-0.4, -0.2) is 0 Å². The fourth-order valence-corrected chi connectivity index (χ4v) is 5.75. The maximum absolute atomic E-state index is 2.58. The van der Waals surface area contributed by atoms with Crippen molar-refractivity contribution in [1.29, 1.82) is 0 Å². The molecule has 9 unspecified atom stereocenters. The van der Waals surface area contributed by atoms with E-state index in [9.17, 15) is 0 Å². The third-order valence-electron chi connectivity index (χ3n) is 8.77. The van der Waals surface area contributed by atoms with Crippen LogP contribution in [0.15, 0.2) is 0 Å². The second-order valence-electron chi connectivity index (χ2n) is 10.7. The molecule has 0 aliphatic carbocycles. The van der Waals surface area contributed by atoms with Crippen molar-refractivity contribution in [3.05, 3.63) is 0 Å². The molecule has 0 saturated carbocycles. The van der Waals surface area contributed by atoms with Crippen LogP contribution in [0.4, 0.5) is 0 Å². The largest absolute Gasteiger partial charge is 0.0651 e. The highest BCUT2D eigenvalue weighted by Gasteiger charge is 2.40. The standard InChI is InChI=1S/C26H54/c1-14-18(7)20(9)22(11)23(12)24(13)26(17(5)6)25(16(3)4)21(10)19(8)15-2/h16-26H,14-15H2,1-13H3. The van der Waals surface area contributed by atoms with E-state index in [-0.39, 0.29) is 0 Å². The van der Waals surface area contributed by atoms with Crippen molar-refractivity contribution >= 4 is 0 Å². The first-order chi connectivity index (χ1) is 11.9. The molecule has 0 fully saturated rings. The van der Waals surface area contributed by atoms with Gasteiger partial charge in [-0.05, 0) is 65.1 Å². The maximum Gasteiger partial charge on any atom is -0.0329 e. The van der Waals surface area contributed by atoms with E-state index in [0.717, 1.165) is 65.1 Å². The van der Waals surface area contributed by atoms with E-state index in [4.69, 9.17) is 0 Å². The molecule has 0 bridgehead atoms. The first-order valence-electron chi connectivity index (χ1n) is 11.9. The average molecular weight is 367 g/mol. The van der Waals surface area contributed by atoms with Gasteiger partial charge in [0.2, 0.25) is 0 Å². The zero-order chi connectivity index (χ0) is 20.8. The Hall–Kier alpha value is 0. The van der Waals surface area contributed by atoms with Crippen molar-refractivity contribution in [2.45, 2.75) is 103 Å². The minimum Gasteiger partial charge on any atom is -0.0651 e. The smallest absolute Gasteiger partial charge is 0.0329 e. The first-order valence-corrected chi connectivity index (χ1v) is 11.9. The van der Waals surface area contributed by atoms with Crippen molar-refractivity contribution in [3.63, 3.8) is 0 Å². The predicted molar refractivity (Wildman–Crippen MR) is 121 cm³/mol. The minimum absolute atomic E-state index is 0.762. The van der Waals surface area contributed by atoms with Crippen LogP contribution in [0.1, 0.15) is 103 Å². The highest BCUT2D eigenvalue weighted by atomic mass is 14.4. The molecule has 0 heteroatoms. The summed E-state index contributed by atoms with van der Waals surface area (Å²) in [6.07, 6.45) is 2.61. The molecule has 0 aliphatic heterocycles. The Morgan fingerprint density at radius 3 is 1.04 bits per heavy atom. The van der Waals surface area contributed by atoms with E-state index in [1.54, 1.807) is 0 Å². The van der Waals surface area contributed by atoms with E-state index in [1.165, 1.54) is 12.8 Å². The molecule has 0 aromatic rings.